The summed E-state index contributed by atoms with van der Waals surface area (Å²) < 4.78 is 0.891. The van der Waals surface area contributed by atoms with Crippen LogP contribution < -0.4 is 0 Å². The highest BCUT2D eigenvalue weighted by atomic mass is 79.9. The maximum atomic E-state index is 4.28. The van der Waals surface area contributed by atoms with E-state index in [0.29, 0.717) is 0 Å². The second-order valence-corrected chi connectivity index (χ2v) is 3.31. The van der Waals surface area contributed by atoms with Crippen molar-refractivity contribution in [2.75, 3.05) is 0 Å². The van der Waals surface area contributed by atoms with E-state index in [0.717, 1.165) is 15.6 Å². The van der Waals surface area contributed by atoms with Crippen molar-refractivity contribution >= 4 is 27.0 Å². The molecule has 0 aliphatic carbocycles. The van der Waals surface area contributed by atoms with Crippen LogP contribution in [0, 0.1) is 6.92 Å². The van der Waals surface area contributed by atoms with Crippen LogP contribution in [0.1, 0.15) is 5.56 Å². The standard InChI is InChI=1S/C8H7BrN2/c1-5-4-7(9)11-6-2-3-10-8(5)6/h2-4,10H,1H3. The SMILES string of the molecule is Cc1cc(Br)nc2cc[nH]c12. The van der Waals surface area contributed by atoms with Crippen molar-refractivity contribution < 1.29 is 0 Å². The minimum Gasteiger partial charge on any atom is -0.360 e. The molecule has 2 rings (SSSR count). The number of hydrogen-bond acceptors (Lipinski definition) is 1. The summed E-state index contributed by atoms with van der Waals surface area (Å²) in [5.41, 5.74) is 3.34. The van der Waals surface area contributed by atoms with Crippen molar-refractivity contribution in [1.82, 2.24) is 9.97 Å². The molecule has 3 heteroatoms. The van der Waals surface area contributed by atoms with Crippen LogP contribution in [0.4, 0.5) is 0 Å². The normalized spacial score (nSPS) is 10.7. The number of aromatic nitrogens is 2. The smallest absolute Gasteiger partial charge is 0.107 e. The third-order valence-corrected chi connectivity index (χ3v) is 2.09. The first-order chi connectivity index (χ1) is 5.27. The number of pyridine rings is 1. The quantitative estimate of drug-likeness (QED) is 0.666. The lowest BCUT2D eigenvalue weighted by atomic mass is 10.2. The molecule has 0 saturated heterocycles. The van der Waals surface area contributed by atoms with E-state index < -0.39 is 0 Å². The number of nitrogens with one attached hydrogen (secondary N) is 1. The van der Waals surface area contributed by atoms with Crippen LogP contribution in [0.5, 0.6) is 0 Å². The Hall–Kier alpha value is -0.830. The van der Waals surface area contributed by atoms with Crippen LogP contribution >= 0.6 is 15.9 Å². The average molecular weight is 211 g/mol. The van der Waals surface area contributed by atoms with E-state index >= 15 is 0 Å². The van der Waals surface area contributed by atoms with Gasteiger partial charge in [-0.1, -0.05) is 0 Å². The maximum Gasteiger partial charge on any atom is 0.107 e. The number of aryl methyl sites for hydroxylation is 1. The van der Waals surface area contributed by atoms with E-state index in [2.05, 4.69) is 32.8 Å². The first kappa shape index (κ1) is 6.85. The van der Waals surface area contributed by atoms with Crippen LogP contribution in [0.2, 0.25) is 0 Å². The molecule has 0 aliphatic heterocycles. The molecular formula is C8H7BrN2. The highest BCUT2D eigenvalue weighted by Crippen LogP contribution is 2.18. The molecule has 0 unspecified atom stereocenters. The molecule has 0 atom stereocenters. The Morgan fingerprint density at radius 3 is 3.18 bits per heavy atom. The van der Waals surface area contributed by atoms with Crippen molar-refractivity contribution in [2.45, 2.75) is 6.92 Å². The van der Waals surface area contributed by atoms with Gasteiger partial charge < -0.3 is 4.98 Å². The van der Waals surface area contributed by atoms with Crippen molar-refractivity contribution in [3.8, 4) is 0 Å². The van der Waals surface area contributed by atoms with Gasteiger partial charge in [-0.3, -0.25) is 0 Å². The largest absolute Gasteiger partial charge is 0.360 e. The second kappa shape index (κ2) is 2.34. The summed E-state index contributed by atoms with van der Waals surface area (Å²) in [7, 11) is 0. The zero-order valence-electron chi connectivity index (χ0n) is 6.06. The first-order valence-electron chi connectivity index (χ1n) is 3.37. The van der Waals surface area contributed by atoms with E-state index in [9.17, 15) is 0 Å². The summed E-state index contributed by atoms with van der Waals surface area (Å²) in [6.45, 7) is 2.06. The van der Waals surface area contributed by atoms with Gasteiger partial charge in [0.25, 0.3) is 0 Å². The predicted octanol–water partition coefficient (Wildman–Crippen LogP) is 2.63. The molecule has 0 radical (unpaired) electrons. The monoisotopic (exact) mass is 210 g/mol. The summed E-state index contributed by atoms with van der Waals surface area (Å²) in [4.78, 5) is 7.41. The van der Waals surface area contributed by atoms with Gasteiger partial charge in [0.2, 0.25) is 0 Å². The van der Waals surface area contributed by atoms with Crippen LogP contribution in [0.3, 0.4) is 0 Å². The molecule has 0 aromatic carbocycles. The van der Waals surface area contributed by atoms with E-state index in [4.69, 9.17) is 0 Å². The molecule has 2 nitrogen and oxygen atoms in total. The van der Waals surface area contributed by atoms with Gasteiger partial charge in [0.1, 0.15) is 4.60 Å². The zero-order chi connectivity index (χ0) is 7.84. The van der Waals surface area contributed by atoms with Crippen molar-refractivity contribution in [2.24, 2.45) is 0 Å². The molecule has 56 valence electrons. The average Bonchev–Trinajstić information content (AvgIpc) is 2.34. The van der Waals surface area contributed by atoms with Crippen LogP contribution in [0.15, 0.2) is 22.9 Å². The van der Waals surface area contributed by atoms with E-state index in [1.165, 1.54) is 5.56 Å². The Balaban J connectivity index is 2.91. The Morgan fingerprint density at radius 1 is 1.55 bits per heavy atom. The number of aromatic amines is 1. The number of nitrogens with zero attached hydrogens (tertiary/aromatic N) is 1. The highest BCUT2D eigenvalue weighted by molar-refractivity contribution is 9.10. The third-order valence-electron chi connectivity index (χ3n) is 1.68. The number of H-pyrrole nitrogens is 1. The fraction of sp³-hybridized carbons (Fsp3) is 0.125. The fourth-order valence-corrected chi connectivity index (χ4v) is 1.70. The molecule has 0 fully saturated rings. The van der Waals surface area contributed by atoms with Crippen molar-refractivity contribution in [1.29, 1.82) is 0 Å². The lowest BCUT2D eigenvalue weighted by Crippen LogP contribution is -1.80. The molecule has 11 heavy (non-hydrogen) atoms. The van der Waals surface area contributed by atoms with Crippen LogP contribution in [0.25, 0.3) is 11.0 Å². The van der Waals surface area contributed by atoms with Gasteiger partial charge in [-0.2, -0.15) is 0 Å². The second-order valence-electron chi connectivity index (χ2n) is 2.50. The van der Waals surface area contributed by atoms with E-state index in [1.807, 2.05) is 18.3 Å². The van der Waals surface area contributed by atoms with E-state index in [1.54, 1.807) is 0 Å². The lowest BCUT2D eigenvalue weighted by Gasteiger charge is -1.95. The number of hydrogen-bond donors (Lipinski definition) is 1. The number of halogens is 1. The van der Waals surface area contributed by atoms with Crippen LogP contribution in [-0.4, -0.2) is 9.97 Å². The summed E-state index contributed by atoms with van der Waals surface area (Å²) in [6.07, 6.45) is 1.90. The molecule has 0 spiro atoms. The summed E-state index contributed by atoms with van der Waals surface area (Å²) >= 11 is 3.34. The predicted molar refractivity (Wildman–Crippen MR) is 48.5 cm³/mol. The Bertz CT molecular complexity index is 392. The molecule has 2 aromatic heterocycles. The zero-order valence-corrected chi connectivity index (χ0v) is 7.64. The summed E-state index contributed by atoms with van der Waals surface area (Å²) in [5.74, 6) is 0. The Kier molecular flexibility index (Phi) is 1.46. The third kappa shape index (κ3) is 1.05. The van der Waals surface area contributed by atoms with Gasteiger partial charge in [-0.25, -0.2) is 4.98 Å². The topological polar surface area (TPSA) is 28.7 Å². The summed E-state index contributed by atoms with van der Waals surface area (Å²) in [5, 5.41) is 0. The Labute approximate surface area is 72.8 Å². The summed E-state index contributed by atoms with van der Waals surface area (Å²) in [6, 6.07) is 3.96. The molecule has 2 heterocycles. The minimum absolute atomic E-state index is 0.891. The van der Waals surface area contributed by atoms with Gasteiger partial charge in [0.15, 0.2) is 0 Å². The van der Waals surface area contributed by atoms with Gasteiger partial charge in [0, 0.05) is 6.20 Å². The molecule has 0 saturated carbocycles. The highest BCUT2D eigenvalue weighted by Gasteiger charge is 1.99. The van der Waals surface area contributed by atoms with Gasteiger partial charge in [0.05, 0.1) is 11.0 Å². The molecule has 0 aliphatic rings. The number of rotatable bonds is 0. The minimum atomic E-state index is 0.891. The lowest BCUT2D eigenvalue weighted by molar-refractivity contribution is 1.31. The molecule has 2 aromatic rings. The number of fused-ring (bicyclic) bond motifs is 1. The Morgan fingerprint density at radius 2 is 2.36 bits per heavy atom. The maximum absolute atomic E-state index is 4.28. The van der Waals surface area contributed by atoms with Gasteiger partial charge in [-0.15, -0.1) is 0 Å². The fourth-order valence-electron chi connectivity index (χ4n) is 1.17. The van der Waals surface area contributed by atoms with Crippen molar-refractivity contribution in [3.63, 3.8) is 0 Å². The molecule has 0 amide bonds. The first-order valence-corrected chi connectivity index (χ1v) is 4.17. The molecule has 0 bridgehead atoms. The van der Waals surface area contributed by atoms with Gasteiger partial charge >= 0.3 is 0 Å². The molecule has 1 N–H and O–H groups in total. The molecular weight excluding hydrogens is 204 g/mol. The van der Waals surface area contributed by atoms with Gasteiger partial charge in [-0.05, 0) is 40.5 Å². The van der Waals surface area contributed by atoms with Crippen molar-refractivity contribution in [3.05, 3.63) is 28.5 Å². The van der Waals surface area contributed by atoms with Crippen LogP contribution in [-0.2, 0) is 0 Å². The van der Waals surface area contributed by atoms with E-state index in [-0.39, 0.29) is 0 Å².